The first-order valence-electron chi connectivity index (χ1n) is 10.4. The van der Waals surface area contributed by atoms with Gasteiger partial charge in [0.2, 0.25) is 10.0 Å². The fourth-order valence-corrected chi connectivity index (χ4v) is 5.22. The number of aryl methyl sites for hydroxylation is 2. The Bertz CT molecular complexity index is 1190. The van der Waals surface area contributed by atoms with Crippen LogP contribution in [0.5, 0.6) is 0 Å². The number of carbonyl (C=O) groups is 1. The molecular weight excluding hydrogens is 412 g/mol. The van der Waals surface area contributed by atoms with Gasteiger partial charge in [-0.1, -0.05) is 30.3 Å². The van der Waals surface area contributed by atoms with Crippen LogP contribution in [-0.4, -0.2) is 41.5 Å². The Kier molecular flexibility index (Phi) is 6.20. The molecule has 1 N–H and O–H groups in total. The zero-order valence-electron chi connectivity index (χ0n) is 17.5. The molecule has 0 atom stereocenters. The third-order valence-electron chi connectivity index (χ3n) is 5.44. The average molecular weight is 439 g/mol. The van der Waals surface area contributed by atoms with Crippen molar-refractivity contribution in [2.45, 2.75) is 37.8 Å². The minimum absolute atomic E-state index is 0.145. The van der Waals surface area contributed by atoms with Crippen LogP contribution in [-0.2, 0) is 29.5 Å². The highest BCUT2D eigenvalue weighted by Crippen LogP contribution is 2.25. The molecule has 2 aromatic carbocycles. The smallest absolute Gasteiger partial charge is 0.251 e. The monoisotopic (exact) mass is 438 g/mol. The molecule has 1 aliphatic heterocycles. The fraction of sp³-hybridized carbons (Fsp3) is 0.304. The summed E-state index contributed by atoms with van der Waals surface area (Å²) < 4.78 is 29.7. The Morgan fingerprint density at radius 2 is 1.94 bits per heavy atom. The van der Waals surface area contributed by atoms with Crippen molar-refractivity contribution < 1.29 is 13.2 Å². The van der Waals surface area contributed by atoms with Crippen LogP contribution < -0.4 is 5.32 Å². The third-order valence-corrected chi connectivity index (χ3v) is 7.28. The van der Waals surface area contributed by atoms with E-state index in [4.69, 9.17) is 0 Å². The van der Waals surface area contributed by atoms with Crippen molar-refractivity contribution in [3.8, 4) is 0 Å². The number of nitrogens with zero attached hydrogens (tertiary/aromatic N) is 3. The Labute approximate surface area is 182 Å². The lowest BCUT2D eigenvalue weighted by Gasteiger charge is -2.28. The van der Waals surface area contributed by atoms with E-state index in [0.717, 1.165) is 17.5 Å². The topological polar surface area (TPSA) is 84.3 Å². The van der Waals surface area contributed by atoms with Gasteiger partial charge in [0.1, 0.15) is 0 Å². The van der Waals surface area contributed by atoms with Crippen LogP contribution in [0.2, 0.25) is 0 Å². The molecule has 162 valence electrons. The number of amides is 1. The molecule has 0 spiro atoms. The summed E-state index contributed by atoms with van der Waals surface area (Å²) in [7, 11) is -3.68. The maximum absolute atomic E-state index is 13.2. The summed E-state index contributed by atoms with van der Waals surface area (Å²) in [5.41, 5.74) is 3.65. The molecule has 1 aliphatic rings. The number of rotatable bonds is 7. The van der Waals surface area contributed by atoms with Gasteiger partial charge in [-0.15, -0.1) is 0 Å². The highest BCUT2D eigenvalue weighted by atomic mass is 32.2. The van der Waals surface area contributed by atoms with Crippen molar-refractivity contribution in [1.82, 2.24) is 19.4 Å². The molecular formula is C23H26N4O3S. The SMILES string of the molecule is Cc1cnn(CCCNC(=O)c2cccc(S(=O)(=O)N3CCc4ccccc4C3)c2)c1. The van der Waals surface area contributed by atoms with Gasteiger partial charge in [0, 0.05) is 37.9 Å². The molecule has 0 fully saturated rings. The Hall–Kier alpha value is -2.97. The van der Waals surface area contributed by atoms with Crippen LogP contribution in [0, 0.1) is 6.92 Å². The van der Waals surface area contributed by atoms with Crippen molar-refractivity contribution in [2.75, 3.05) is 13.1 Å². The second kappa shape index (κ2) is 9.03. The van der Waals surface area contributed by atoms with E-state index < -0.39 is 10.0 Å². The Balaban J connectivity index is 1.39. The van der Waals surface area contributed by atoms with E-state index >= 15 is 0 Å². The zero-order valence-corrected chi connectivity index (χ0v) is 18.3. The summed E-state index contributed by atoms with van der Waals surface area (Å²) in [4.78, 5) is 12.7. The fourth-order valence-electron chi connectivity index (χ4n) is 3.76. The number of hydrogen-bond donors (Lipinski definition) is 1. The molecule has 3 aromatic rings. The summed E-state index contributed by atoms with van der Waals surface area (Å²) in [6.45, 7) is 3.95. The Morgan fingerprint density at radius 1 is 1.13 bits per heavy atom. The average Bonchev–Trinajstić information content (AvgIpc) is 3.21. The van der Waals surface area contributed by atoms with Gasteiger partial charge in [0.25, 0.3) is 5.91 Å². The predicted molar refractivity (Wildman–Crippen MR) is 118 cm³/mol. The van der Waals surface area contributed by atoms with E-state index in [1.165, 1.54) is 15.9 Å². The molecule has 0 saturated carbocycles. The van der Waals surface area contributed by atoms with Crippen LogP contribution in [0.25, 0.3) is 0 Å². The molecule has 2 heterocycles. The van der Waals surface area contributed by atoms with Gasteiger partial charge in [-0.2, -0.15) is 9.40 Å². The molecule has 0 bridgehead atoms. The maximum atomic E-state index is 13.2. The van der Waals surface area contributed by atoms with E-state index in [-0.39, 0.29) is 10.8 Å². The minimum atomic E-state index is -3.68. The summed E-state index contributed by atoms with van der Waals surface area (Å²) >= 11 is 0. The van der Waals surface area contributed by atoms with Gasteiger partial charge in [0.05, 0.1) is 11.1 Å². The lowest BCUT2D eigenvalue weighted by atomic mass is 10.0. The number of aromatic nitrogens is 2. The van der Waals surface area contributed by atoms with Gasteiger partial charge >= 0.3 is 0 Å². The van der Waals surface area contributed by atoms with Crippen molar-refractivity contribution >= 4 is 15.9 Å². The molecule has 4 rings (SSSR count). The maximum Gasteiger partial charge on any atom is 0.251 e. The first kappa shape index (κ1) is 21.3. The quantitative estimate of drug-likeness (QED) is 0.575. The van der Waals surface area contributed by atoms with Crippen molar-refractivity contribution in [3.63, 3.8) is 0 Å². The van der Waals surface area contributed by atoms with E-state index in [2.05, 4.69) is 10.4 Å². The first-order chi connectivity index (χ1) is 14.9. The number of sulfonamides is 1. The molecule has 0 radical (unpaired) electrons. The molecule has 0 aliphatic carbocycles. The molecule has 1 amide bonds. The standard InChI is InChI=1S/C23H26N4O3S/c1-18-15-25-26(16-18)12-5-11-24-23(28)20-8-4-9-22(14-20)31(29,30)27-13-10-19-6-2-3-7-21(19)17-27/h2-4,6-9,14-16H,5,10-13,17H2,1H3,(H,24,28). The molecule has 31 heavy (non-hydrogen) atoms. The van der Waals surface area contributed by atoms with Crippen LogP contribution >= 0.6 is 0 Å². The summed E-state index contributed by atoms with van der Waals surface area (Å²) in [5.74, 6) is -0.280. The highest BCUT2D eigenvalue weighted by Gasteiger charge is 2.28. The Morgan fingerprint density at radius 3 is 2.71 bits per heavy atom. The summed E-state index contributed by atoms with van der Waals surface area (Å²) in [6.07, 6.45) is 5.17. The van der Waals surface area contributed by atoms with E-state index in [1.807, 2.05) is 42.1 Å². The number of benzene rings is 2. The number of fused-ring (bicyclic) bond motifs is 1. The van der Waals surface area contributed by atoms with Gasteiger partial charge in [-0.25, -0.2) is 8.42 Å². The van der Waals surface area contributed by atoms with Crippen molar-refractivity contribution in [1.29, 1.82) is 0 Å². The second-order valence-corrected chi connectivity index (χ2v) is 9.71. The molecule has 0 saturated heterocycles. The largest absolute Gasteiger partial charge is 0.352 e. The lowest BCUT2D eigenvalue weighted by molar-refractivity contribution is 0.0952. The van der Waals surface area contributed by atoms with Crippen molar-refractivity contribution in [3.05, 3.63) is 83.2 Å². The minimum Gasteiger partial charge on any atom is -0.352 e. The third kappa shape index (κ3) is 4.86. The molecule has 7 nitrogen and oxygen atoms in total. The van der Waals surface area contributed by atoms with Crippen LogP contribution in [0.4, 0.5) is 0 Å². The van der Waals surface area contributed by atoms with Gasteiger partial charge in [-0.3, -0.25) is 9.48 Å². The summed E-state index contributed by atoms with van der Waals surface area (Å²) in [6, 6.07) is 14.2. The number of hydrogen-bond acceptors (Lipinski definition) is 4. The number of carbonyl (C=O) groups excluding carboxylic acids is 1. The predicted octanol–water partition coefficient (Wildman–Crippen LogP) is 2.76. The van der Waals surface area contributed by atoms with Crippen molar-refractivity contribution in [2.24, 2.45) is 0 Å². The normalized spacial score (nSPS) is 14.2. The van der Waals surface area contributed by atoms with Crippen LogP contribution in [0.3, 0.4) is 0 Å². The molecule has 8 heteroatoms. The molecule has 0 unspecified atom stereocenters. The van der Waals surface area contributed by atoms with Crippen LogP contribution in [0.1, 0.15) is 33.5 Å². The lowest BCUT2D eigenvalue weighted by Crippen LogP contribution is -2.36. The van der Waals surface area contributed by atoms with Gasteiger partial charge in [-0.05, 0) is 54.7 Å². The van der Waals surface area contributed by atoms with E-state index in [1.54, 1.807) is 24.4 Å². The zero-order chi connectivity index (χ0) is 21.8. The number of nitrogens with one attached hydrogen (secondary N) is 1. The first-order valence-corrected chi connectivity index (χ1v) is 11.8. The van der Waals surface area contributed by atoms with Crippen LogP contribution in [0.15, 0.2) is 65.8 Å². The second-order valence-electron chi connectivity index (χ2n) is 7.78. The molecule has 1 aromatic heterocycles. The van der Waals surface area contributed by atoms with E-state index in [9.17, 15) is 13.2 Å². The van der Waals surface area contributed by atoms with Gasteiger partial charge in [0.15, 0.2) is 0 Å². The highest BCUT2D eigenvalue weighted by molar-refractivity contribution is 7.89. The van der Waals surface area contributed by atoms with Gasteiger partial charge < -0.3 is 5.32 Å². The van der Waals surface area contributed by atoms with E-state index in [0.29, 0.717) is 38.2 Å². The summed E-state index contributed by atoms with van der Waals surface area (Å²) in [5, 5.41) is 7.08.